The fraction of sp³-hybridized carbons (Fsp3) is 0.467. The second-order valence-corrected chi connectivity index (χ2v) is 15.6. The van der Waals surface area contributed by atoms with Crippen LogP contribution in [0.15, 0.2) is 23.9 Å². The molecule has 3 aromatic rings. The first-order chi connectivity index (χ1) is 26.3. The summed E-state index contributed by atoms with van der Waals surface area (Å²) in [7, 11) is 1.31. The molecule has 6 rings (SSSR count). The van der Waals surface area contributed by atoms with Crippen LogP contribution in [0.2, 0.25) is 0 Å². The molecule has 1 saturated heterocycles. The summed E-state index contributed by atoms with van der Waals surface area (Å²) in [5.74, 6) is -1.86. The number of rotatable bonds is 13. The van der Waals surface area contributed by atoms with E-state index in [0.29, 0.717) is 68.2 Å². The van der Waals surface area contributed by atoms with E-state index in [9.17, 15) is 19.8 Å². The van der Waals surface area contributed by atoms with E-state index < -0.39 is 17.9 Å². The number of aliphatic hydroxyl groups is 2. The summed E-state index contributed by atoms with van der Waals surface area (Å²) < 4.78 is 10.9. The fourth-order valence-corrected chi connectivity index (χ4v) is 8.49. The Morgan fingerprint density at radius 3 is 2.36 bits per heavy atom. The van der Waals surface area contributed by atoms with Crippen molar-refractivity contribution in [1.29, 1.82) is 0 Å². The van der Waals surface area contributed by atoms with E-state index in [0.717, 1.165) is 47.2 Å². The normalized spacial score (nSPS) is 22.0. The van der Waals surface area contributed by atoms with E-state index >= 15 is 0 Å². The molecule has 0 aromatic carbocycles. The number of methoxy groups -OCH3 is 1. The molecule has 5 heterocycles. The van der Waals surface area contributed by atoms with Crippen molar-refractivity contribution in [2.45, 2.75) is 99.6 Å². The standard InChI is InChI=1S/C45H54N4O6.Mg/c1-10-28-25(6)32-19-33-26(7)30(15-16-38(51)55-18-17-24(5)14-12-13-23(3)4)42(48-33)40-41(45(53)54-9)44(52)39-27(8)34(49-43(39)40)20-36-29(11-2)31(22-50)37(47-36)21-35(28)46-32;/h10,17,19-21,23,26,30,41-42,50,52H,1,11-16,18,22H2,2-9H3;/q-4;+2/b24-17+,33-19+,36-20-,37-21-;/t26-,30-,41+,42?;/m0./s1. The van der Waals surface area contributed by atoms with Crippen LogP contribution in [0.5, 0.6) is 0 Å². The number of fused-ring (bicyclic) bond motifs is 8. The molecule has 1 unspecified atom stereocenters. The summed E-state index contributed by atoms with van der Waals surface area (Å²) in [6.45, 7) is 18.6. The molecule has 4 atom stereocenters. The summed E-state index contributed by atoms with van der Waals surface area (Å²) in [4.78, 5) is 41.8. The molecule has 2 N–H and O–H groups in total. The maximum atomic E-state index is 13.5. The van der Waals surface area contributed by atoms with Gasteiger partial charge in [0.05, 0.1) is 13.7 Å². The van der Waals surface area contributed by atoms with Crippen LogP contribution in [-0.4, -0.2) is 65.0 Å². The molecule has 10 nitrogen and oxygen atoms in total. The third kappa shape index (κ3) is 8.13. The first-order valence-electron chi connectivity index (χ1n) is 19.5. The van der Waals surface area contributed by atoms with Gasteiger partial charge in [-0.15, -0.1) is 33.1 Å². The Bertz CT molecular complexity index is 2320. The number of carbonyl (C=O) groups is 2. The van der Waals surface area contributed by atoms with E-state index in [4.69, 9.17) is 29.7 Å². The molecule has 0 amide bonds. The summed E-state index contributed by atoms with van der Waals surface area (Å²) >= 11 is 0. The third-order valence-electron chi connectivity index (χ3n) is 11.7. The Hall–Kier alpha value is -4.19. The van der Waals surface area contributed by atoms with Gasteiger partial charge >= 0.3 is 35.0 Å². The van der Waals surface area contributed by atoms with E-state index in [2.05, 4.69) is 34.3 Å². The van der Waals surface area contributed by atoms with Gasteiger partial charge in [0.2, 0.25) is 0 Å². The van der Waals surface area contributed by atoms with Gasteiger partial charge in [0.25, 0.3) is 0 Å². The number of aromatic nitrogens is 3. The molecule has 1 aliphatic carbocycles. The van der Waals surface area contributed by atoms with E-state index in [1.807, 2.05) is 45.1 Å². The third-order valence-corrected chi connectivity index (χ3v) is 11.7. The first-order valence-corrected chi connectivity index (χ1v) is 19.5. The summed E-state index contributed by atoms with van der Waals surface area (Å²) in [6, 6.07) is -0.601. The van der Waals surface area contributed by atoms with Crippen LogP contribution in [-0.2, 0) is 32.1 Å². The Morgan fingerprint density at radius 1 is 1.00 bits per heavy atom. The van der Waals surface area contributed by atoms with E-state index in [1.54, 1.807) is 6.08 Å². The van der Waals surface area contributed by atoms with Crippen LogP contribution in [0.4, 0.5) is 0 Å². The van der Waals surface area contributed by atoms with Crippen molar-refractivity contribution in [2.75, 3.05) is 13.7 Å². The van der Waals surface area contributed by atoms with Crippen molar-refractivity contribution in [3.63, 3.8) is 0 Å². The fourth-order valence-electron chi connectivity index (χ4n) is 8.49. The Balaban J connectivity index is 0.00000600. The maximum Gasteiger partial charge on any atom is 2.00 e. The smallest absolute Gasteiger partial charge is 0.681 e. The van der Waals surface area contributed by atoms with Crippen molar-refractivity contribution < 1.29 is 29.3 Å². The van der Waals surface area contributed by atoms with Crippen molar-refractivity contribution in [3.8, 4) is 0 Å². The molecule has 8 bridgehead atoms. The predicted octanol–water partition coefficient (Wildman–Crippen LogP) is 4.23. The van der Waals surface area contributed by atoms with Crippen molar-refractivity contribution in [3.05, 3.63) is 95.4 Å². The second kappa shape index (κ2) is 17.9. The zero-order chi connectivity index (χ0) is 39.7. The van der Waals surface area contributed by atoms with Crippen molar-refractivity contribution >= 4 is 70.6 Å². The van der Waals surface area contributed by atoms with Gasteiger partial charge in [-0.1, -0.05) is 98.9 Å². The van der Waals surface area contributed by atoms with E-state index in [-0.39, 0.29) is 66.3 Å². The second-order valence-electron chi connectivity index (χ2n) is 15.6. The van der Waals surface area contributed by atoms with Crippen LogP contribution in [0.25, 0.3) is 41.0 Å². The van der Waals surface area contributed by atoms with Crippen LogP contribution in [0.1, 0.15) is 112 Å². The first kappa shape index (κ1) is 42.9. The van der Waals surface area contributed by atoms with Gasteiger partial charge in [-0.2, -0.15) is 5.70 Å². The Morgan fingerprint density at radius 2 is 1.70 bits per heavy atom. The minimum atomic E-state index is -1.10. The molecule has 294 valence electrons. The molecule has 3 aliphatic rings. The molecule has 0 radical (unpaired) electrons. The minimum Gasteiger partial charge on any atom is -0.681 e. The zero-order valence-electron chi connectivity index (χ0n) is 34.2. The molecular formula is C45H54MgN4O6-2. The summed E-state index contributed by atoms with van der Waals surface area (Å²) in [5.41, 5.74) is 8.60. The van der Waals surface area contributed by atoms with E-state index in [1.165, 1.54) is 12.7 Å². The van der Waals surface area contributed by atoms with Gasteiger partial charge < -0.3 is 40.0 Å². The summed E-state index contributed by atoms with van der Waals surface area (Å²) in [6.07, 6.45) is 14.0. The number of hydrogen-bond acceptors (Lipinski definition) is 6. The monoisotopic (exact) mass is 770 g/mol. The molecule has 0 spiro atoms. The number of carbonyl (C=O) groups excluding carboxylic acids is 2. The molecule has 3 aromatic heterocycles. The number of hydrogen-bond donors (Lipinski definition) is 2. The van der Waals surface area contributed by atoms with Crippen molar-refractivity contribution in [1.82, 2.24) is 15.0 Å². The number of esters is 2. The molecular weight excluding hydrogens is 717 g/mol. The topological polar surface area (TPSA) is 149 Å². The van der Waals surface area contributed by atoms with Crippen molar-refractivity contribution in [2.24, 2.45) is 23.7 Å². The Labute approximate surface area is 345 Å². The number of nitrogens with zero attached hydrogens (tertiary/aromatic N) is 4. The maximum absolute atomic E-state index is 13.5. The molecule has 11 heteroatoms. The predicted molar refractivity (Wildman–Crippen MR) is 221 cm³/mol. The molecule has 0 saturated carbocycles. The van der Waals surface area contributed by atoms with Crippen LogP contribution in [0.3, 0.4) is 0 Å². The van der Waals surface area contributed by atoms with Crippen LogP contribution in [0, 0.1) is 37.5 Å². The SMILES string of the molecule is C=Cc1c2[n-]c(c1C)/C=C1/[N-]C(C3=c4[n-]c(c(C)c4=C(O)[C@@H]3C(=O)OC)/C=c3\[n-]/c(c(CO)c3CC)=C\2)[C@@H](CCC(=O)OC/C=C(\C)CCCC(C)C)[C@@H]1C.[Mg+2]. The van der Waals surface area contributed by atoms with Gasteiger partial charge in [0.15, 0.2) is 0 Å². The quantitative estimate of drug-likeness (QED) is 0.148. The minimum absolute atomic E-state index is 0. The summed E-state index contributed by atoms with van der Waals surface area (Å²) in [5, 5.41) is 29.9. The van der Waals surface area contributed by atoms with Gasteiger partial charge in [0, 0.05) is 11.6 Å². The number of aliphatic hydroxyl groups excluding tert-OH is 2. The van der Waals surface area contributed by atoms with Gasteiger partial charge in [-0.3, -0.25) is 9.59 Å². The molecule has 2 aliphatic heterocycles. The zero-order valence-corrected chi connectivity index (χ0v) is 35.6. The molecule has 56 heavy (non-hydrogen) atoms. The number of ether oxygens (including phenoxy) is 2. The largest absolute Gasteiger partial charge is 2.00 e. The number of allylic oxidation sites excluding steroid dienone is 2. The van der Waals surface area contributed by atoms with Crippen LogP contribution >= 0.6 is 0 Å². The van der Waals surface area contributed by atoms with Gasteiger partial charge in [-0.05, 0) is 81.4 Å². The molecule has 1 fully saturated rings. The average molecular weight is 771 g/mol. The Kier molecular flexibility index (Phi) is 13.8. The van der Waals surface area contributed by atoms with Crippen LogP contribution < -0.4 is 36.2 Å². The van der Waals surface area contributed by atoms with Gasteiger partial charge in [-0.25, -0.2) is 0 Å². The average Bonchev–Trinajstić information content (AvgIpc) is 3.90. The van der Waals surface area contributed by atoms with Gasteiger partial charge in [0.1, 0.15) is 18.3 Å².